The van der Waals surface area contributed by atoms with Crippen molar-refractivity contribution >= 4 is 0 Å². The fraction of sp³-hybridized carbons (Fsp3) is 1.00. The van der Waals surface area contributed by atoms with Crippen LogP contribution < -0.4 is 0 Å². The lowest BCUT2D eigenvalue weighted by atomic mass is 9.44. The summed E-state index contributed by atoms with van der Waals surface area (Å²) < 4.78 is 74.0. The first-order valence-electron chi connectivity index (χ1n) is 29.7. The molecule has 26 nitrogen and oxygen atoms in total. The number of aliphatic hydroxyl groups excluding tert-OH is 14. The Morgan fingerprint density at radius 3 is 1.72 bits per heavy atom. The van der Waals surface area contributed by atoms with E-state index in [1.807, 2.05) is 0 Å². The van der Waals surface area contributed by atoms with Crippen LogP contribution >= 0.6 is 0 Å². The molecule has 35 unspecified atom stereocenters. The molecular weight excluding hydrogens is 1080 g/mol. The molecule has 0 aromatic carbocycles. The summed E-state index contributed by atoms with van der Waals surface area (Å²) in [6, 6.07) is 0. The molecule has 466 valence electrons. The van der Waals surface area contributed by atoms with E-state index in [1.165, 1.54) is 0 Å². The van der Waals surface area contributed by atoms with Gasteiger partial charge in [0.2, 0.25) is 0 Å². The van der Waals surface area contributed by atoms with Crippen molar-refractivity contribution in [2.24, 2.45) is 52.3 Å². The largest absolute Gasteiger partial charge is 0.394 e. The van der Waals surface area contributed by atoms with Gasteiger partial charge in [0.05, 0.1) is 51.8 Å². The van der Waals surface area contributed by atoms with Crippen LogP contribution in [0.15, 0.2) is 0 Å². The Morgan fingerprint density at radius 2 is 1.04 bits per heavy atom. The van der Waals surface area contributed by atoms with Gasteiger partial charge < -0.3 is 128 Å². The Labute approximate surface area is 470 Å². The summed E-state index contributed by atoms with van der Waals surface area (Å²) in [7, 11) is 0. The highest BCUT2D eigenvalue weighted by Gasteiger charge is 2.69. The monoisotopic (exact) mass is 1170 g/mol. The first-order valence-corrected chi connectivity index (χ1v) is 29.7. The number of hydrogen-bond donors (Lipinski definition) is 14. The molecular formula is C55H90O26. The molecule has 0 radical (unpaired) electrons. The summed E-state index contributed by atoms with van der Waals surface area (Å²) in [6.45, 7) is 6.68. The van der Waals surface area contributed by atoms with E-state index in [0.29, 0.717) is 48.3 Å². The maximum Gasteiger partial charge on any atom is 0.187 e. The minimum atomic E-state index is -2.09. The van der Waals surface area contributed by atoms with Gasteiger partial charge in [-0.25, -0.2) is 0 Å². The highest BCUT2D eigenvalue weighted by atomic mass is 16.8. The zero-order chi connectivity index (χ0) is 57.8. The summed E-state index contributed by atoms with van der Waals surface area (Å²) >= 11 is 0. The molecule has 0 amide bonds. The Hall–Kier alpha value is -1.04. The lowest BCUT2D eigenvalue weighted by Crippen LogP contribution is -2.68. The molecule has 7 heterocycles. The molecule has 14 N–H and O–H groups in total. The molecule has 11 rings (SSSR count). The Balaban J connectivity index is 0.820. The van der Waals surface area contributed by atoms with Crippen molar-refractivity contribution in [3.8, 4) is 0 Å². The summed E-state index contributed by atoms with van der Waals surface area (Å²) in [5, 5.41) is 152. The van der Waals surface area contributed by atoms with Crippen molar-refractivity contribution in [3.05, 3.63) is 0 Å². The quantitative estimate of drug-likeness (QED) is 0.0786. The average Bonchev–Trinajstić information content (AvgIpc) is 2.08. The Kier molecular flexibility index (Phi) is 18.4. The molecule has 4 aliphatic carbocycles. The second kappa shape index (κ2) is 24.2. The van der Waals surface area contributed by atoms with Gasteiger partial charge in [-0.1, -0.05) is 27.7 Å². The second-order valence-corrected chi connectivity index (χ2v) is 26.2. The van der Waals surface area contributed by atoms with Crippen molar-refractivity contribution in [2.45, 2.75) is 251 Å². The van der Waals surface area contributed by atoms with Gasteiger partial charge in [-0.15, -0.1) is 0 Å². The average molecular weight is 1170 g/mol. The van der Waals surface area contributed by atoms with Gasteiger partial charge in [0, 0.05) is 12.3 Å². The number of ether oxygens (including phenoxy) is 12. The normalized spacial score (nSPS) is 57.6. The van der Waals surface area contributed by atoms with E-state index in [4.69, 9.17) is 56.8 Å². The maximum atomic E-state index is 12.1. The minimum absolute atomic E-state index is 0.0161. The van der Waals surface area contributed by atoms with Gasteiger partial charge in [0.15, 0.2) is 37.2 Å². The van der Waals surface area contributed by atoms with E-state index in [9.17, 15) is 71.5 Å². The van der Waals surface area contributed by atoms with Crippen LogP contribution in [-0.2, 0) is 56.8 Å². The SMILES string of the molecule is CC1CCC2(OC1)OC1CC3C4CCC5CC(OC6OC(CO)C(O)C(OC7OC(CO)C(O)C(OC8OCC(O)C(O)C8OC8OCC(O)C(O)C8O)C7O)C6OC6OC(CO)C(O)C(O)C6O)CCC5(C)C4CCC3(C)C1C2C. The molecule has 4 saturated carbocycles. The molecule has 35 atom stereocenters. The third kappa shape index (κ3) is 10.9. The summed E-state index contributed by atoms with van der Waals surface area (Å²) in [4.78, 5) is 0. The lowest BCUT2D eigenvalue weighted by Gasteiger charge is -2.61. The predicted octanol–water partition coefficient (Wildman–Crippen LogP) is -3.81. The standard InChI is InChI=1S/C55H90O26/c1-21-7-12-55(72-18-21)22(2)34-30(81-55)14-27-25-6-5-23-13-24(8-10-53(23,3)26(25)9-11-54(27,34)4)73-52-47(80-49-42(68)40(66)37(63)31(15-56)74-49)45(39(65)33(17-58)76-52)78-50-43(69)44(38(64)32(16-57)75-50)77-51-46(36(62)29(60)20-71-51)79-48-41(67)35(61)28(59)19-70-48/h21-52,56-69H,5-20H2,1-4H3. The third-order valence-corrected chi connectivity index (χ3v) is 21.7. The highest BCUT2D eigenvalue weighted by molar-refractivity contribution is 5.16. The smallest absolute Gasteiger partial charge is 0.187 e. The van der Waals surface area contributed by atoms with Crippen LogP contribution in [0, 0.1) is 52.3 Å². The van der Waals surface area contributed by atoms with Crippen LogP contribution in [0.2, 0.25) is 0 Å². The molecule has 26 heteroatoms. The third-order valence-electron chi connectivity index (χ3n) is 21.7. The minimum Gasteiger partial charge on any atom is -0.394 e. The van der Waals surface area contributed by atoms with Crippen molar-refractivity contribution < 1.29 is 128 Å². The molecule has 11 fully saturated rings. The van der Waals surface area contributed by atoms with Crippen molar-refractivity contribution in [1.82, 2.24) is 0 Å². The first-order chi connectivity index (χ1) is 38.6. The van der Waals surface area contributed by atoms with Gasteiger partial charge in [0.25, 0.3) is 0 Å². The number of aliphatic hydroxyl groups is 14. The van der Waals surface area contributed by atoms with E-state index >= 15 is 0 Å². The van der Waals surface area contributed by atoms with Crippen LogP contribution in [0.5, 0.6) is 0 Å². The molecule has 1 spiro atoms. The molecule has 0 aromatic rings. The zero-order valence-corrected chi connectivity index (χ0v) is 46.4. The fourth-order valence-electron chi connectivity index (χ4n) is 17.1. The van der Waals surface area contributed by atoms with E-state index in [0.717, 1.165) is 58.0 Å². The van der Waals surface area contributed by atoms with Crippen LogP contribution in [0.25, 0.3) is 0 Å². The molecule has 0 aromatic heterocycles. The van der Waals surface area contributed by atoms with Crippen LogP contribution in [0.1, 0.15) is 91.9 Å². The van der Waals surface area contributed by atoms with E-state index in [2.05, 4.69) is 27.7 Å². The predicted molar refractivity (Wildman–Crippen MR) is 269 cm³/mol. The number of hydrogen-bond acceptors (Lipinski definition) is 26. The fourth-order valence-corrected chi connectivity index (χ4v) is 17.1. The molecule has 0 bridgehead atoms. The van der Waals surface area contributed by atoms with Crippen LogP contribution in [-0.4, -0.2) is 270 Å². The second-order valence-electron chi connectivity index (χ2n) is 26.2. The van der Waals surface area contributed by atoms with Crippen molar-refractivity contribution in [3.63, 3.8) is 0 Å². The van der Waals surface area contributed by atoms with Gasteiger partial charge in [0.1, 0.15) is 110 Å². The van der Waals surface area contributed by atoms with Crippen LogP contribution in [0.4, 0.5) is 0 Å². The summed E-state index contributed by atoms with van der Waals surface area (Å²) in [5.41, 5.74) is 0.123. The number of rotatable bonds is 13. The molecule has 81 heavy (non-hydrogen) atoms. The van der Waals surface area contributed by atoms with Gasteiger partial charge in [-0.3, -0.25) is 0 Å². The van der Waals surface area contributed by atoms with Crippen molar-refractivity contribution in [2.75, 3.05) is 39.6 Å². The maximum absolute atomic E-state index is 12.1. The van der Waals surface area contributed by atoms with E-state index in [-0.39, 0.29) is 22.9 Å². The summed E-state index contributed by atoms with van der Waals surface area (Å²) in [6.07, 6.45) is -31.4. The van der Waals surface area contributed by atoms with E-state index in [1.54, 1.807) is 0 Å². The van der Waals surface area contributed by atoms with Crippen molar-refractivity contribution in [1.29, 1.82) is 0 Å². The van der Waals surface area contributed by atoms with Gasteiger partial charge >= 0.3 is 0 Å². The molecule has 7 saturated heterocycles. The lowest BCUT2D eigenvalue weighted by molar-refractivity contribution is -0.403. The highest BCUT2D eigenvalue weighted by Crippen LogP contribution is 2.71. The molecule has 7 aliphatic heterocycles. The van der Waals surface area contributed by atoms with E-state index < -0.39 is 186 Å². The zero-order valence-electron chi connectivity index (χ0n) is 46.4. The summed E-state index contributed by atoms with van der Waals surface area (Å²) in [5.74, 6) is 2.55. The first kappa shape index (κ1) is 61.6. The van der Waals surface area contributed by atoms with Gasteiger partial charge in [-0.2, -0.15) is 0 Å². The molecule has 11 aliphatic rings. The topological polar surface area (TPSA) is 394 Å². The Bertz CT molecular complexity index is 2090. The Morgan fingerprint density at radius 1 is 0.457 bits per heavy atom. The van der Waals surface area contributed by atoms with Crippen LogP contribution in [0.3, 0.4) is 0 Å². The number of fused-ring (bicyclic) bond motifs is 7. The van der Waals surface area contributed by atoms with Gasteiger partial charge in [-0.05, 0) is 104 Å².